The van der Waals surface area contributed by atoms with Gasteiger partial charge in [0.05, 0.1) is 12.2 Å². The van der Waals surface area contributed by atoms with E-state index >= 15 is 0 Å². The molecule has 1 saturated heterocycles. The fourth-order valence-electron chi connectivity index (χ4n) is 2.22. The number of hydrogen-bond donors (Lipinski definition) is 2. The normalized spacial score (nSPS) is 25.2. The molecule has 0 saturated carbocycles. The summed E-state index contributed by atoms with van der Waals surface area (Å²) >= 11 is 0. The summed E-state index contributed by atoms with van der Waals surface area (Å²) in [7, 11) is 0. The first-order valence-electron chi connectivity index (χ1n) is 6.44. The van der Waals surface area contributed by atoms with E-state index in [1.165, 1.54) is 0 Å². The summed E-state index contributed by atoms with van der Waals surface area (Å²) in [6.45, 7) is 7.28. The first kappa shape index (κ1) is 14.4. The second kappa shape index (κ2) is 6.93. The van der Waals surface area contributed by atoms with Crippen molar-refractivity contribution >= 4 is 5.91 Å². The zero-order chi connectivity index (χ0) is 12.8. The van der Waals surface area contributed by atoms with Gasteiger partial charge in [-0.25, -0.2) is 0 Å². The number of hydrogen-bond acceptors (Lipinski definition) is 4. The van der Waals surface area contributed by atoms with Crippen molar-refractivity contribution in [3.05, 3.63) is 0 Å². The van der Waals surface area contributed by atoms with Gasteiger partial charge in [-0.3, -0.25) is 9.69 Å². The number of aliphatic hydroxyl groups is 2. The van der Waals surface area contributed by atoms with Gasteiger partial charge in [-0.2, -0.15) is 0 Å². The van der Waals surface area contributed by atoms with Crippen molar-refractivity contribution in [2.24, 2.45) is 0 Å². The molecule has 1 fully saturated rings. The molecule has 2 atom stereocenters. The average molecular weight is 244 g/mol. The Morgan fingerprint density at radius 1 is 1.24 bits per heavy atom. The Labute approximate surface area is 103 Å². The largest absolute Gasteiger partial charge is 0.389 e. The minimum Gasteiger partial charge on any atom is -0.389 e. The van der Waals surface area contributed by atoms with Crippen molar-refractivity contribution in [1.82, 2.24) is 9.80 Å². The monoisotopic (exact) mass is 244 g/mol. The highest BCUT2D eigenvalue weighted by Crippen LogP contribution is 2.11. The summed E-state index contributed by atoms with van der Waals surface area (Å²) in [5.74, 6) is 0.190. The predicted molar refractivity (Wildman–Crippen MR) is 65.6 cm³/mol. The molecule has 0 radical (unpaired) electrons. The van der Waals surface area contributed by atoms with Gasteiger partial charge >= 0.3 is 0 Å². The standard InChI is InChI=1S/C12H24N2O3/c1-3-14(4-2)12(17)6-5-7-13-8-10(15)11(16)9-13/h10-11,15-16H,3-9H2,1-2H3/t10-,11+. The van der Waals surface area contributed by atoms with Gasteiger partial charge in [-0.1, -0.05) is 0 Å². The lowest BCUT2D eigenvalue weighted by atomic mass is 10.2. The number of likely N-dealkylation sites (tertiary alicyclic amines) is 1. The molecule has 100 valence electrons. The van der Waals surface area contributed by atoms with Crippen molar-refractivity contribution in [1.29, 1.82) is 0 Å². The number of rotatable bonds is 6. The fraction of sp³-hybridized carbons (Fsp3) is 0.917. The van der Waals surface area contributed by atoms with Gasteiger partial charge in [0.15, 0.2) is 0 Å². The minimum absolute atomic E-state index is 0.190. The van der Waals surface area contributed by atoms with E-state index in [4.69, 9.17) is 0 Å². The van der Waals surface area contributed by atoms with E-state index in [-0.39, 0.29) is 5.91 Å². The van der Waals surface area contributed by atoms with Gasteiger partial charge < -0.3 is 15.1 Å². The zero-order valence-corrected chi connectivity index (χ0v) is 10.8. The van der Waals surface area contributed by atoms with Crippen LogP contribution in [0.15, 0.2) is 0 Å². The van der Waals surface area contributed by atoms with E-state index in [0.29, 0.717) is 19.5 Å². The molecule has 5 nitrogen and oxygen atoms in total. The van der Waals surface area contributed by atoms with E-state index in [1.54, 1.807) is 0 Å². The van der Waals surface area contributed by atoms with E-state index in [9.17, 15) is 15.0 Å². The Morgan fingerprint density at radius 2 is 1.76 bits per heavy atom. The second-order valence-corrected chi connectivity index (χ2v) is 4.56. The van der Waals surface area contributed by atoms with Gasteiger partial charge in [0, 0.05) is 32.6 Å². The van der Waals surface area contributed by atoms with Crippen molar-refractivity contribution in [3.8, 4) is 0 Å². The summed E-state index contributed by atoms with van der Waals surface area (Å²) in [6, 6.07) is 0. The highest BCUT2D eigenvalue weighted by Gasteiger charge is 2.28. The highest BCUT2D eigenvalue weighted by molar-refractivity contribution is 5.76. The van der Waals surface area contributed by atoms with E-state index < -0.39 is 12.2 Å². The maximum Gasteiger partial charge on any atom is 0.222 e. The predicted octanol–water partition coefficient (Wildman–Crippen LogP) is -0.328. The average Bonchev–Trinajstić information content (AvgIpc) is 2.60. The number of carbonyl (C=O) groups is 1. The summed E-state index contributed by atoms with van der Waals surface area (Å²) < 4.78 is 0. The molecule has 0 aromatic carbocycles. The van der Waals surface area contributed by atoms with E-state index in [0.717, 1.165) is 26.1 Å². The van der Waals surface area contributed by atoms with Crippen molar-refractivity contribution < 1.29 is 15.0 Å². The quantitative estimate of drug-likeness (QED) is 0.672. The zero-order valence-electron chi connectivity index (χ0n) is 10.8. The second-order valence-electron chi connectivity index (χ2n) is 4.56. The number of amides is 1. The number of nitrogens with zero attached hydrogens (tertiary/aromatic N) is 2. The van der Waals surface area contributed by atoms with Gasteiger partial charge in [-0.05, 0) is 26.8 Å². The Bertz CT molecular complexity index is 234. The van der Waals surface area contributed by atoms with Crippen LogP contribution in [0.5, 0.6) is 0 Å². The molecule has 5 heteroatoms. The number of β-amino-alcohol motifs (C(OH)–C–C–N with tert-alkyl or cyclic N) is 2. The first-order chi connectivity index (χ1) is 8.08. The molecule has 0 aliphatic carbocycles. The van der Waals surface area contributed by atoms with Crippen LogP contribution in [-0.4, -0.2) is 70.9 Å². The Hall–Kier alpha value is -0.650. The molecule has 2 N–H and O–H groups in total. The van der Waals surface area contributed by atoms with Crippen molar-refractivity contribution in [2.45, 2.75) is 38.9 Å². The molecule has 1 heterocycles. The molecule has 0 aromatic heterocycles. The van der Waals surface area contributed by atoms with Crippen LogP contribution in [0.1, 0.15) is 26.7 Å². The van der Waals surface area contributed by atoms with Crippen molar-refractivity contribution in [3.63, 3.8) is 0 Å². The number of aliphatic hydroxyl groups excluding tert-OH is 2. The van der Waals surface area contributed by atoms with E-state index in [2.05, 4.69) is 0 Å². The maximum absolute atomic E-state index is 11.7. The SMILES string of the molecule is CCN(CC)C(=O)CCCN1C[C@@H](O)[C@@H](O)C1. The van der Waals surface area contributed by atoms with Crippen LogP contribution in [0.25, 0.3) is 0 Å². The third-order valence-electron chi connectivity index (χ3n) is 3.32. The smallest absolute Gasteiger partial charge is 0.222 e. The Morgan fingerprint density at radius 3 is 2.24 bits per heavy atom. The number of carbonyl (C=O) groups excluding carboxylic acids is 1. The lowest BCUT2D eigenvalue weighted by Gasteiger charge is -2.19. The fourth-order valence-corrected chi connectivity index (χ4v) is 2.22. The summed E-state index contributed by atoms with van der Waals surface area (Å²) in [6.07, 6.45) is 0.0704. The van der Waals surface area contributed by atoms with Gasteiger partial charge in [-0.15, -0.1) is 0 Å². The molecule has 0 unspecified atom stereocenters. The van der Waals surface area contributed by atoms with Crippen LogP contribution in [-0.2, 0) is 4.79 Å². The van der Waals surface area contributed by atoms with Crippen LogP contribution in [0.2, 0.25) is 0 Å². The first-order valence-corrected chi connectivity index (χ1v) is 6.44. The Balaban J connectivity index is 2.18. The summed E-state index contributed by atoms with van der Waals surface area (Å²) in [5, 5.41) is 18.7. The van der Waals surface area contributed by atoms with Crippen molar-refractivity contribution in [2.75, 3.05) is 32.7 Å². The lowest BCUT2D eigenvalue weighted by Crippen LogP contribution is -2.31. The van der Waals surface area contributed by atoms with Crippen LogP contribution in [0, 0.1) is 0 Å². The molecule has 0 aromatic rings. The Kier molecular flexibility index (Phi) is 5.88. The molecule has 0 spiro atoms. The van der Waals surface area contributed by atoms with Crippen LogP contribution in [0.4, 0.5) is 0 Å². The molecule has 1 rings (SSSR count). The van der Waals surface area contributed by atoms with E-state index in [1.807, 2.05) is 23.6 Å². The molecule has 0 bridgehead atoms. The lowest BCUT2D eigenvalue weighted by molar-refractivity contribution is -0.130. The molecule has 17 heavy (non-hydrogen) atoms. The maximum atomic E-state index is 11.7. The molecule has 1 aliphatic heterocycles. The van der Waals surface area contributed by atoms with Crippen LogP contribution in [0.3, 0.4) is 0 Å². The third kappa shape index (κ3) is 4.26. The molecule has 1 amide bonds. The van der Waals surface area contributed by atoms with Crippen LogP contribution < -0.4 is 0 Å². The molecule has 1 aliphatic rings. The molecular formula is C12H24N2O3. The third-order valence-corrected chi connectivity index (χ3v) is 3.32. The topological polar surface area (TPSA) is 64.0 Å². The van der Waals surface area contributed by atoms with Gasteiger partial charge in [0.1, 0.15) is 0 Å². The van der Waals surface area contributed by atoms with Crippen LogP contribution >= 0.6 is 0 Å². The highest BCUT2D eigenvalue weighted by atomic mass is 16.3. The molecular weight excluding hydrogens is 220 g/mol. The van der Waals surface area contributed by atoms with Gasteiger partial charge in [0.25, 0.3) is 0 Å². The summed E-state index contributed by atoms with van der Waals surface area (Å²) in [5.41, 5.74) is 0. The van der Waals surface area contributed by atoms with Gasteiger partial charge in [0.2, 0.25) is 5.91 Å². The minimum atomic E-state index is -0.631. The summed E-state index contributed by atoms with van der Waals surface area (Å²) in [4.78, 5) is 15.5.